The number of nitrogens with one attached hydrogen (secondary N) is 1. The van der Waals surface area contributed by atoms with E-state index in [1.807, 2.05) is 4.68 Å². The van der Waals surface area contributed by atoms with E-state index in [9.17, 15) is 16.8 Å². The van der Waals surface area contributed by atoms with Crippen molar-refractivity contribution in [3.63, 3.8) is 0 Å². The van der Waals surface area contributed by atoms with Gasteiger partial charge in [0, 0.05) is 6.20 Å². The Morgan fingerprint density at radius 2 is 1.62 bits per heavy atom. The summed E-state index contributed by atoms with van der Waals surface area (Å²) in [6, 6.07) is 3.14. The van der Waals surface area contributed by atoms with E-state index in [4.69, 9.17) is 0 Å². The van der Waals surface area contributed by atoms with E-state index in [2.05, 4.69) is 25.4 Å². The average molecular weight is 480 g/mol. The van der Waals surface area contributed by atoms with Gasteiger partial charge in [0.25, 0.3) is 0 Å². The van der Waals surface area contributed by atoms with E-state index in [1.54, 1.807) is 12.4 Å². The lowest BCUT2D eigenvalue weighted by Crippen LogP contribution is -2.35. The molecule has 3 aromatic rings. The minimum absolute atomic E-state index is 0.219. The first-order valence-corrected chi connectivity index (χ1v) is 14.0. The molecule has 1 aliphatic rings. The average Bonchev–Trinajstić information content (AvgIpc) is 2.92. The molecule has 1 N–H and O–H groups in total. The molecule has 1 aliphatic carbocycles. The number of anilines is 3. The molecule has 0 bridgehead atoms. The van der Waals surface area contributed by atoms with Gasteiger partial charge < -0.3 is 5.32 Å². The van der Waals surface area contributed by atoms with Crippen LogP contribution in [0.25, 0.3) is 11.0 Å². The molecule has 172 valence electrons. The maximum Gasteiger partial charge on any atom is 0.246 e. The van der Waals surface area contributed by atoms with Crippen LogP contribution in [0.2, 0.25) is 0 Å². The minimum atomic E-state index is -4.06. The van der Waals surface area contributed by atoms with Crippen molar-refractivity contribution >= 4 is 48.5 Å². The molecule has 1 saturated carbocycles. The summed E-state index contributed by atoms with van der Waals surface area (Å²) in [4.78, 5) is 12.9. The molecule has 32 heavy (non-hydrogen) atoms. The van der Waals surface area contributed by atoms with Gasteiger partial charge in [0.15, 0.2) is 11.5 Å². The number of pyridine rings is 1. The monoisotopic (exact) mass is 479 g/mol. The Morgan fingerprint density at radius 3 is 2.22 bits per heavy atom. The molecular formula is C19H25N7O4S2. The van der Waals surface area contributed by atoms with Crippen LogP contribution in [0.3, 0.4) is 0 Å². The van der Waals surface area contributed by atoms with Gasteiger partial charge >= 0.3 is 0 Å². The Bertz CT molecular complexity index is 1280. The second kappa shape index (κ2) is 8.62. The van der Waals surface area contributed by atoms with Gasteiger partial charge in [-0.1, -0.05) is 25.7 Å². The van der Waals surface area contributed by atoms with Gasteiger partial charge in [-0.05, 0) is 25.0 Å². The molecule has 0 radical (unpaired) electrons. The third-order valence-electron chi connectivity index (χ3n) is 5.30. The molecule has 0 amide bonds. The highest BCUT2D eigenvalue weighted by Gasteiger charge is 2.28. The zero-order chi connectivity index (χ0) is 22.9. The summed E-state index contributed by atoms with van der Waals surface area (Å²) in [5.41, 5.74) is 1.23. The number of fused-ring (bicyclic) bond motifs is 1. The Balaban J connectivity index is 1.59. The van der Waals surface area contributed by atoms with Crippen LogP contribution in [0.1, 0.15) is 44.6 Å². The quantitative estimate of drug-likeness (QED) is 0.528. The van der Waals surface area contributed by atoms with Crippen molar-refractivity contribution in [3.8, 4) is 0 Å². The molecule has 0 saturated heterocycles. The summed E-state index contributed by atoms with van der Waals surface area (Å²) < 4.78 is 49.9. The van der Waals surface area contributed by atoms with Gasteiger partial charge in [-0.2, -0.15) is 10.1 Å². The van der Waals surface area contributed by atoms with Gasteiger partial charge in [0.2, 0.25) is 26.0 Å². The van der Waals surface area contributed by atoms with E-state index in [0.29, 0.717) is 17.7 Å². The first-order valence-electron chi connectivity index (χ1n) is 10.3. The van der Waals surface area contributed by atoms with E-state index in [0.717, 1.165) is 36.4 Å². The van der Waals surface area contributed by atoms with Gasteiger partial charge in [0.1, 0.15) is 0 Å². The van der Waals surface area contributed by atoms with Crippen LogP contribution in [-0.2, 0) is 20.0 Å². The molecule has 4 rings (SSSR count). The van der Waals surface area contributed by atoms with Crippen LogP contribution >= 0.6 is 0 Å². The molecule has 11 nitrogen and oxygen atoms in total. The fraction of sp³-hybridized carbons (Fsp3) is 0.474. The fourth-order valence-electron chi connectivity index (χ4n) is 3.95. The molecule has 0 aliphatic heterocycles. The largest absolute Gasteiger partial charge is 0.323 e. The first-order chi connectivity index (χ1) is 15.1. The first kappa shape index (κ1) is 22.4. The van der Waals surface area contributed by atoms with Crippen molar-refractivity contribution in [2.75, 3.05) is 21.5 Å². The van der Waals surface area contributed by atoms with Crippen molar-refractivity contribution in [3.05, 3.63) is 30.7 Å². The molecule has 0 spiro atoms. The number of hydrogen-bond acceptors (Lipinski definition) is 9. The van der Waals surface area contributed by atoms with Crippen LogP contribution in [0, 0.1) is 0 Å². The molecule has 1 fully saturated rings. The second-order valence-corrected chi connectivity index (χ2v) is 11.9. The molecule has 3 aromatic heterocycles. The highest BCUT2D eigenvalue weighted by Crippen LogP contribution is 2.29. The molecule has 0 unspecified atom stereocenters. The topological polar surface area (TPSA) is 140 Å². The number of rotatable bonds is 6. The highest BCUT2D eigenvalue weighted by atomic mass is 32.3. The zero-order valence-electron chi connectivity index (χ0n) is 17.8. The summed E-state index contributed by atoms with van der Waals surface area (Å²) in [7, 11) is -8.11. The predicted octanol–water partition coefficient (Wildman–Crippen LogP) is 2.59. The molecule has 13 heteroatoms. The van der Waals surface area contributed by atoms with E-state index in [-0.39, 0.29) is 9.53 Å². The van der Waals surface area contributed by atoms with Crippen molar-refractivity contribution in [2.24, 2.45) is 0 Å². The standard InChI is InChI=1S/C19H25N7O4S2/c1-31(27,28)26(32(2,29)30)17-10-9-15(13-20-17)23-19-21-11-14-12-22-25(18(14)24-19)16-7-5-3-4-6-8-16/h9-13,16H,3-8H2,1-2H3,(H,21,23,24). The molecule has 3 heterocycles. The highest BCUT2D eigenvalue weighted by molar-refractivity contribution is 8.09. The maximum absolute atomic E-state index is 11.9. The fourth-order valence-corrected chi connectivity index (χ4v) is 6.81. The predicted molar refractivity (Wildman–Crippen MR) is 122 cm³/mol. The van der Waals surface area contributed by atoms with E-state index < -0.39 is 20.0 Å². The molecule has 0 atom stereocenters. The third-order valence-corrected chi connectivity index (χ3v) is 8.50. The van der Waals surface area contributed by atoms with Crippen molar-refractivity contribution in [1.82, 2.24) is 24.7 Å². The van der Waals surface area contributed by atoms with Gasteiger partial charge in [-0.3, -0.25) is 0 Å². The zero-order valence-corrected chi connectivity index (χ0v) is 19.5. The van der Waals surface area contributed by atoms with Gasteiger partial charge in [-0.15, -0.1) is 3.71 Å². The molecular weight excluding hydrogens is 454 g/mol. The Morgan fingerprint density at radius 1 is 0.938 bits per heavy atom. The van der Waals surface area contributed by atoms with Crippen LogP contribution < -0.4 is 9.03 Å². The van der Waals surface area contributed by atoms with Crippen molar-refractivity contribution < 1.29 is 16.8 Å². The van der Waals surface area contributed by atoms with Crippen molar-refractivity contribution in [2.45, 2.75) is 44.6 Å². The van der Waals surface area contributed by atoms with Gasteiger partial charge in [0.05, 0.1) is 42.0 Å². The molecule has 0 aromatic carbocycles. The SMILES string of the molecule is CS(=O)(=O)N(c1ccc(Nc2ncc3cnn(C4CCCCCC4)c3n2)cn1)S(C)(=O)=O. The number of aromatic nitrogens is 5. The lowest BCUT2D eigenvalue weighted by molar-refractivity contribution is 0.415. The number of nitrogens with zero attached hydrogens (tertiary/aromatic N) is 6. The smallest absolute Gasteiger partial charge is 0.246 e. The second-order valence-electron chi connectivity index (χ2n) is 7.96. The summed E-state index contributed by atoms with van der Waals surface area (Å²) in [6.45, 7) is 0. The maximum atomic E-state index is 11.9. The van der Waals surface area contributed by atoms with E-state index in [1.165, 1.54) is 44.0 Å². The Kier molecular flexibility index (Phi) is 6.03. The van der Waals surface area contributed by atoms with Crippen LogP contribution in [0.15, 0.2) is 30.7 Å². The summed E-state index contributed by atoms with van der Waals surface area (Å²) in [5, 5.41) is 8.42. The number of hydrogen-bond donors (Lipinski definition) is 1. The van der Waals surface area contributed by atoms with Gasteiger partial charge in [-0.25, -0.2) is 31.5 Å². The summed E-state index contributed by atoms with van der Waals surface area (Å²) >= 11 is 0. The Labute approximate surface area is 187 Å². The normalized spacial score (nSPS) is 16.1. The van der Waals surface area contributed by atoms with Crippen LogP contribution in [0.4, 0.5) is 17.5 Å². The lowest BCUT2D eigenvalue weighted by Gasteiger charge is -2.18. The Hall–Kier alpha value is -2.80. The minimum Gasteiger partial charge on any atom is -0.323 e. The van der Waals surface area contributed by atoms with Crippen LogP contribution in [-0.4, -0.2) is 54.1 Å². The summed E-state index contributed by atoms with van der Waals surface area (Å²) in [6.07, 6.45) is 13.4. The lowest BCUT2D eigenvalue weighted by atomic mass is 10.1. The van der Waals surface area contributed by atoms with E-state index >= 15 is 0 Å². The van der Waals surface area contributed by atoms with Crippen LogP contribution in [0.5, 0.6) is 0 Å². The summed E-state index contributed by atoms with van der Waals surface area (Å²) in [5.74, 6) is 0.119. The van der Waals surface area contributed by atoms with Crippen molar-refractivity contribution in [1.29, 1.82) is 0 Å². The number of sulfonamides is 2. The third kappa shape index (κ3) is 4.83.